The Kier molecular flexibility index (Phi) is 7.09. The van der Waals surface area contributed by atoms with E-state index in [4.69, 9.17) is 0 Å². The van der Waals surface area contributed by atoms with Crippen LogP contribution >= 0.6 is 0 Å². The van der Waals surface area contributed by atoms with Crippen molar-refractivity contribution in [3.63, 3.8) is 0 Å². The maximum Gasteiger partial charge on any atom is 0.317 e. The molecule has 0 aliphatic carbocycles. The Balaban J connectivity index is 1.43. The Bertz CT molecular complexity index is 736. The number of aromatic amines is 1. The molecule has 2 amide bonds. The van der Waals surface area contributed by atoms with Crippen molar-refractivity contribution in [2.24, 2.45) is 5.92 Å². The maximum atomic E-state index is 12.6. The molecule has 0 saturated carbocycles. The van der Waals surface area contributed by atoms with Gasteiger partial charge in [0.1, 0.15) is 5.82 Å². The molecule has 6 nitrogen and oxygen atoms in total. The number of piperidine rings is 1. The van der Waals surface area contributed by atoms with Crippen LogP contribution in [-0.4, -0.2) is 52.5 Å². The minimum absolute atomic E-state index is 0.0207. The molecule has 1 aromatic heterocycles. The fraction of sp³-hybridized carbons (Fsp3) is 0.545. The molecule has 1 fully saturated rings. The molecule has 0 unspecified atom stereocenters. The average molecular weight is 384 g/mol. The minimum Gasteiger partial charge on any atom is -0.344 e. The Morgan fingerprint density at radius 1 is 1.32 bits per heavy atom. The van der Waals surface area contributed by atoms with Gasteiger partial charge in [0.05, 0.1) is 6.04 Å². The molecule has 1 aliphatic rings. The number of urea groups is 1. The van der Waals surface area contributed by atoms with E-state index in [0.717, 1.165) is 57.0 Å². The van der Waals surface area contributed by atoms with Crippen molar-refractivity contribution in [1.29, 1.82) is 0 Å². The minimum atomic E-state index is -0.0728. The molecule has 1 aromatic carbocycles. The van der Waals surface area contributed by atoms with E-state index in [1.807, 2.05) is 18.9 Å². The first-order chi connectivity index (χ1) is 13.5. The highest BCUT2D eigenvalue weighted by molar-refractivity contribution is 5.74. The topological polar surface area (TPSA) is 64.3 Å². The SMILES string of the molecule is CC[C@@H](NC(=O)N(C)CC1CCN(Cc2ccccc2)CC1)c1ncc(C)[nH]1. The molecule has 3 rings (SSSR count). The van der Waals surface area contributed by atoms with Crippen LogP contribution in [0.25, 0.3) is 0 Å². The zero-order valence-corrected chi connectivity index (χ0v) is 17.3. The number of aryl methyl sites for hydroxylation is 1. The van der Waals surface area contributed by atoms with Gasteiger partial charge in [0, 0.05) is 32.0 Å². The lowest BCUT2D eigenvalue weighted by Crippen LogP contribution is -2.44. The number of likely N-dealkylation sites (tertiary alicyclic amines) is 1. The predicted molar refractivity (Wildman–Crippen MR) is 112 cm³/mol. The first-order valence-electron chi connectivity index (χ1n) is 10.3. The molecule has 152 valence electrons. The number of imidazole rings is 1. The number of hydrogen-bond donors (Lipinski definition) is 2. The standard InChI is InChI=1S/C22H33N5O/c1-4-20(21-23-14-17(2)24-21)25-22(28)26(3)15-19-10-12-27(13-11-19)16-18-8-6-5-7-9-18/h5-9,14,19-20H,4,10-13,15-16H2,1-3H3,(H,23,24)(H,25,28)/t20-/m1/s1. The van der Waals surface area contributed by atoms with Gasteiger partial charge in [-0.2, -0.15) is 0 Å². The van der Waals surface area contributed by atoms with Crippen molar-refractivity contribution in [1.82, 2.24) is 25.1 Å². The zero-order chi connectivity index (χ0) is 19.9. The molecule has 2 N–H and O–H groups in total. The van der Waals surface area contributed by atoms with Gasteiger partial charge < -0.3 is 15.2 Å². The second kappa shape index (κ2) is 9.73. The Morgan fingerprint density at radius 2 is 2.04 bits per heavy atom. The molecule has 1 atom stereocenters. The van der Waals surface area contributed by atoms with E-state index in [9.17, 15) is 4.79 Å². The van der Waals surface area contributed by atoms with Crippen molar-refractivity contribution in [3.05, 3.63) is 53.6 Å². The van der Waals surface area contributed by atoms with E-state index in [1.54, 1.807) is 6.20 Å². The molecule has 1 aliphatic heterocycles. The quantitative estimate of drug-likeness (QED) is 0.766. The van der Waals surface area contributed by atoms with Gasteiger partial charge in [-0.05, 0) is 50.8 Å². The molecule has 1 saturated heterocycles. The van der Waals surface area contributed by atoms with E-state index in [0.29, 0.717) is 5.92 Å². The van der Waals surface area contributed by atoms with E-state index in [2.05, 4.69) is 57.4 Å². The molecule has 2 aromatic rings. The zero-order valence-electron chi connectivity index (χ0n) is 17.3. The summed E-state index contributed by atoms with van der Waals surface area (Å²) in [6, 6.07) is 10.5. The Hall–Kier alpha value is -2.34. The largest absolute Gasteiger partial charge is 0.344 e. The second-order valence-electron chi connectivity index (χ2n) is 7.95. The van der Waals surface area contributed by atoms with Gasteiger partial charge in [-0.1, -0.05) is 37.3 Å². The molecule has 0 radical (unpaired) electrons. The van der Waals surface area contributed by atoms with Gasteiger partial charge >= 0.3 is 6.03 Å². The number of rotatable bonds is 7. The fourth-order valence-electron chi connectivity index (χ4n) is 3.87. The van der Waals surface area contributed by atoms with Gasteiger partial charge in [0.15, 0.2) is 0 Å². The third-order valence-electron chi connectivity index (χ3n) is 5.59. The lowest BCUT2D eigenvalue weighted by Gasteiger charge is -2.34. The van der Waals surface area contributed by atoms with Crippen molar-refractivity contribution in [2.75, 3.05) is 26.7 Å². The smallest absolute Gasteiger partial charge is 0.317 e. The Labute approximate surface area is 168 Å². The molecule has 2 heterocycles. The van der Waals surface area contributed by atoms with Gasteiger partial charge in [-0.15, -0.1) is 0 Å². The van der Waals surface area contributed by atoms with Gasteiger partial charge in [0.2, 0.25) is 0 Å². The summed E-state index contributed by atoms with van der Waals surface area (Å²) in [7, 11) is 1.89. The summed E-state index contributed by atoms with van der Waals surface area (Å²) in [5.74, 6) is 1.39. The van der Waals surface area contributed by atoms with Crippen molar-refractivity contribution in [2.45, 2.75) is 45.7 Å². The van der Waals surface area contributed by atoms with Crippen LogP contribution in [0.5, 0.6) is 0 Å². The van der Waals surface area contributed by atoms with Crippen LogP contribution in [0.3, 0.4) is 0 Å². The van der Waals surface area contributed by atoms with E-state index < -0.39 is 0 Å². The van der Waals surface area contributed by atoms with Crippen LogP contribution in [0.15, 0.2) is 36.5 Å². The summed E-state index contributed by atoms with van der Waals surface area (Å²) in [5, 5.41) is 3.11. The number of carbonyl (C=O) groups excluding carboxylic acids is 1. The summed E-state index contributed by atoms with van der Waals surface area (Å²) in [4.78, 5) is 24.6. The lowest BCUT2D eigenvalue weighted by atomic mass is 9.96. The van der Waals surface area contributed by atoms with E-state index in [1.165, 1.54) is 5.56 Å². The summed E-state index contributed by atoms with van der Waals surface area (Å²) in [6.07, 6.45) is 4.89. The van der Waals surface area contributed by atoms with Crippen LogP contribution in [0.1, 0.15) is 49.3 Å². The number of benzene rings is 1. The third-order valence-corrected chi connectivity index (χ3v) is 5.59. The van der Waals surface area contributed by atoms with E-state index >= 15 is 0 Å². The highest BCUT2D eigenvalue weighted by atomic mass is 16.2. The van der Waals surface area contributed by atoms with Crippen LogP contribution in [0.4, 0.5) is 4.79 Å². The summed E-state index contributed by atoms with van der Waals surface area (Å²) in [6.45, 7) is 8.05. The highest BCUT2D eigenvalue weighted by Crippen LogP contribution is 2.20. The molecule has 0 spiro atoms. The summed E-state index contributed by atoms with van der Waals surface area (Å²) in [5.41, 5.74) is 2.38. The average Bonchev–Trinajstić information content (AvgIpc) is 3.14. The number of nitrogens with zero attached hydrogens (tertiary/aromatic N) is 3. The number of hydrogen-bond acceptors (Lipinski definition) is 3. The summed E-state index contributed by atoms with van der Waals surface area (Å²) < 4.78 is 0. The first kappa shape index (κ1) is 20.4. The maximum absolute atomic E-state index is 12.6. The first-order valence-corrected chi connectivity index (χ1v) is 10.3. The molecule has 6 heteroatoms. The second-order valence-corrected chi connectivity index (χ2v) is 7.95. The number of aromatic nitrogens is 2. The molecule has 28 heavy (non-hydrogen) atoms. The van der Waals surface area contributed by atoms with Gasteiger partial charge in [-0.3, -0.25) is 4.90 Å². The van der Waals surface area contributed by atoms with Crippen LogP contribution in [0.2, 0.25) is 0 Å². The number of carbonyl (C=O) groups is 1. The fourth-order valence-corrected chi connectivity index (χ4v) is 3.87. The van der Waals surface area contributed by atoms with Gasteiger partial charge in [0.25, 0.3) is 0 Å². The van der Waals surface area contributed by atoms with Gasteiger partial charge in [-0.25, -0.2) is 9.78 Å². The van der Waals surface area contributed by atoms with Crippen molar-refractivity contribution < 1.29 is 4.79 Å². The van der Waals surface area contributed by atoms with Crippen LogP contribution < -0.4 is 5.32 Å². The molecular formula is C22H33N5O. The monoisotopic (exact) mass is 383 g/mol. The molecular weight excluding hydrogens is 350 g/mol. The molecule has 0 bridgehead atoms. The Morgan fingerprint density at radius 3 is 2.64 bits per heavy atom. The van der Waals surface area contributed by atoms with Crippen molar-refractivity contribution >= 4 is 6.03 Å². The highest BCUT2D eigenvalue weighted by Gasteiger charge is 2.23. The van der Waals surface area contributed by atoms with E-state index in [-0.39, 0.29) is 12.1 Å². The lowest BCUT2D eigenvalue weighted by molar-refractivity contribution is 0.148. The summed E-state index contributed by atoms with van der Waals surface area (Å²) >= 11 is 0. The van der Waals surface area contributed by atoms with Crippen LogP contribution in [0, 0.1) is 12.8 Å². The third kappa shape index (κ3) is 5.58. The normalized spacial score (nSPS) is 16.7. The predicted octanol–water partition coefficient (Wildman–Crippen LogP) is 3.72. The number of H-pyrrole nitrogens is 1. The number of amides is 2. The van der Waals surface area contributed by atoms with Crippen LogP contribution in [-0.2, 0) is 6.54 Å². The van der Waals surface area contributed by atoms with Crippen molar-refractivity contribution in [3.8, 4) is 0 Å². The number of nitrogens with one attached hydrogen (secondary N) is 2.